The maximum atomic E-state index is 13.0. The molecular weight excluding hydrogens is 404 g/mol. The summed E-state index contributed by atoms with van der Waals surface area (Å²) in [5.74, 6) is 1.88. The minimum atomic E-state index is -3.59. The van der Waals surface area contributed by atoms with E-state index in [1.165, 1.54) is 10.7 Å². The molecule has 2 saturated heterocycles. The van der Waals surface area contributed by atoms with E-state index < -0.39 is 10.0 Å². The van der Waals surface area contributed by atoms with Crippen molar-refractivity contribution in [1.29, 1.82) is 0 Å². The van der Waals surface area contributed by atoms with Crippen LogP contribution in [0.25, 0.3) is 5.65 Å². The van der Waals surface area contributed by atoms with Gasteiger partial charge in [-0.15, -0.1) is 15.3 Å². The molecule has 0 aromatic carbocycles. The van der Waals surface area contributed by atoms with Gasteiger partial charge in [0.25, 0.3) is 10.0 Å². The first-order valence-corrected chi connectivity index (χ1v) is 11.9. The summed E-state index contributed by atoms with van der Waals surface area (Å²) in [6.45, 7) is 6.91. The summed E-state index contributed by atoms with van der Waals surface area (Å²) >= 11 is 0. The molecule has 5 rings (SSSR count). The largest absolute Gasteiger partial charge is 0.355 e. The highest BCUT2D eigenvalue weighted by atomic mass is 32.2. The first kappa shape index (κ1) is 19.4. The fraction of sp³-hybridized carbons (Fsp3) is 0.579. The maximum Gasteiger partial charge on any atom is 0.262 e. The molecule has 160 valence electrons. The van der Waals surface area contributed by atoms with E-state index in [0.29, 0.717) is 25.9 Å². The van der Waals surface area contributed by atoms with E-state index in [-0.39, 0.29) is 17.0 Å². The summed E-state index contributed by atoms with van der Waals surface area (Å²) in [4.78, 5) is 6.36. The van der Waals surface area contributed by atoms with E-state index in [9.17, 15) is 8.42 Å². The van der Waals surface area contributed by atoms with Crippen molar-refractivity contribution in [3.8, 4) is 0 Å². The summed E-state index contributed by atoms with van der Waals surface area (Å²) in [6.07, 6.45) is 5.74. The van der Waals surface area contributed by atoms with Crippen LogP contribution in [-0.2, 0) is 10.0 Å². The highest BCUT2D eigenvalue weighted by Gasteiger charge is 2.33. The van der Waals surface area contributed by atoms with E-state index in [1.807, 2.05) is 35.1 Å². The molecule has 5 heterocycles. The first-order valence-electron chi connectivity index (χ1n) is 10.4. The second kappa shape index (κ2) is 7.31. The molecule has 0 radical (unpaired) electrons. The molecule has 2 aliphatic heterocycles. The molecule has 3 aromatic heterocycles. The summed E-state index contributed by atoms with van der Waals surface area (Å²) in [6, 6.07) is 4.10. The van der Waals surface area contributed by atoms with Gasteiger partial charge in [0.2, 0.25) is 0 Å². The topological polar surface area (TPSA) is 102 Å². The zero-order valence-corrected chi connectivity index (χ0v) is 18.0. The molecule has 30 heavy (non-hydrogen) atoms. The van der Waals surface area contributed by atoms with Gasteiger partial charge in [-0.3, -0.25) is 0 Å². The average molecular weight is 431 g/mol. The Hall–Kier alpha value is -2.53. The van der Waals surface area contributed by atoms with Gasteiger partial charge in [-0.25, -0.2) is 13.4 Å². The highest BCUT2D eigenvalue weighted by Crippen LogP contribution is 2.30. The van der Waals surface area contributed by atoms with E-state index in [0.717, 1.165) is 30.4 Å². The molecule has 10 nitrogen and oxygen atoms in total. The molecule has 0 unspecified atom stereocenters. The van der Waals surface area contributed by atoms with Crippen LogP contribution >= 0.6 is 0 Å². The fourth-order valence-corrected chi connectivity index (χ4v) is 5.38. The van der Waals surface area contributed by atoms with Crippen molar-refractivity contribution in [2.45, 2.75) is 50.1 Å². The van der Waals surface area contributed by atoms with Crippen molar-refractivity contribution in [2.75, 3.05) is 31.1 Å². The Bertz CT molecular complexity index is 1160. The number of sulfonamides is 1. The van der Waals surface area contributed by atoms with Crippen molar-refractivity contribution in [1.82, 2.24) is 33.7 Å². The van der Waals surface area contributed by atoms with E-state index >= 15 is 0 Å². The lowest BCUT2D eigenvalue weighted by Crippen LogP contribution is -2.39. The standard InChI is InChI=1S/C19H26N8O2S/c1-14(2)25-12-18(20-13-25)30(28,29)26-10-6-15(7-11-26)19-22-21-16-4-5-17(23-27(16)19)24-8-3-9-24/h4-5,12-15H,3,6-11H2,1-2H3. The summed E-state index contributed by atoms with van der Waals surface area (Å²) in [5.41, 5.74) is 0.726. The van der Waals surface area contributed by atoms with Crippen LogP contribution < -0.4 is 4.90 Å². The molecule has 0 spiro atoms. The van der Waals surface area contributed by atoms with Crippen molar-refractivity contribution in [3.05, 3.63) is 30.5 Å². The number of imidazole rings is 1. The van der Waals surface area contributed by atoms with E-state index in [1.54, 1.807) is 12.5 Å². The third-order valence-electron chi connectivity index (χ3n) is 6.05. The van der Waals surface area contributed by atoms with E-state index in [4.69, 9.17) is 5.10 Å². The number of piperidine rings is 1. The van der Waals surface area contributed by atoms with Gasteiger partial charge in [0.05, 0.1) is 6.33 Å². The Balaban J connectivity index is 1.33. The van der Waals surface area contributed by atoms with Gasteiger partial charge in [0, 0.05) is 44.3 Å². The van der Waals surface area contributed by atoms with Crippen molar-refractivity contribution >= 4 is 21.5 Å². The third kappa shape index (κ3) is 3.25. The maximum absolute atomic E-state index is 13.0. The van der Waals surface area contributed by atoms with Gasteiger partial charge in [0.15, 0.2) is 16.5 Å². The molecule has 0 saturated carbocycles. The predicted molar refractivity (Wildman–Crippen MR) is 111 cm³/mol. The van der Waals surface area contributed by atoms with Crippen LogP contribution in [0.15, 0.2) is 29.7 Å². The van der Waals surface area contributed by atoms with Gasteiger partial charge in [0.1, 0.15) is 5.82 Å². The number of aromatic nitrogens is 6. The number of hydrogen-bond donors (Lipinski definition) is 0. The number of nitrogens with zero attached hydrogens (tertiary/aromatic N) is 8. The van der Waals surface area contributed by atoms with Crippen molar-refractivity contribution in [2.24, 2.45) is 0 Å². The second-order valence-corrected chi connectivity index (χ2v) is 10.2. The lowest BCUT2D eigenvalue weighted by Gasteiger charge is -2.32. The molecule has 3 aromatic rings. The van der Waals surface area contributed by atoms with Crippen LogP contribution in [0, 0.1) is 0 Å². The van der Waals surface area contributed by atoms with Crippen molar-refractivity contribution < 1.29 is 8.42 Å². The van der Waals surface area contributed by atoms with Crippen molar-refractivity contribution in [3.63, 3.8) is 0 Å². The fourth-order valence-electron chi connectivity index (χ4n) is 3.98. The number of fused-ring (bicyclic) bond motifs is 1. The van der Waals surface area contributed by atoms with Gasteiger partial charge >= 0.3 is 0 Å². The van der Waals surface area contributed by atoms with Crippen LogP contribution in [0.4, 0.5) is 5.82 Å². The monoisotopic (exact) mass is 430 g/mol. The lowest BCUT2D eigenvalue weighted by atomic mass is 9.97. The summed E-state index contributed by atoms with van der Waals surface area (Å²) in [7, 11) is -3.59. The Morgan fingerprint density at radius 2 is 1.83 bits per heavy atom. The quantitative estimate of drug-likeness (QED) is 0.607. The number of hydrogen-bond acceptors (Lipinski definition) is 7. The van der Waals surface area contributed by atoms with Crippen LogP contribution in [0.1, 0.15) is 50.9 Å². The molecule has 2 fully saturated rings. The molecule has 0 N–H and O–H groups in total. The zero-order valence-electron chi connectivity index (χ0n) is 17.2. The second-order valence-electron chi connectivity index (χ2n) is 8.29. The smallest absolute Gasteiger partial charge is 0.262 e. The molecule has 2 aliphatic rings. The molecule has 11 heteroatoms. The SMILES string of the molecule is CC(C)n1cnc(S(=O)(=O)N2CCC(c3nnc4ccc(N5CCC5)nn34)CC2)c1. The Kier molecular flexibility index (Phi) is 4.73. The predicted octanol–water partition coefficient (Wildman–Crippen LogP) is 1.68. The zero-order chi connectivity index (χ0) is 20.9. The first-order chi connectivity index (χ1) is 14.4. The number of anilines is 1. The normalized spacial score (nSPS) is 19.0. The average Bonchev–Trinajstić information content (AvgIpc) is 3.34. The Morgan fingerprint density at radius 1 is 1.07 bits per heavy atom. The molecule has 0 atom stereocenters. The van der Waals surface area contributed by atoms with E-state index in [2.05, 4.69) is 20.1 Å². The molecule has 0 bridgehead atoms. The van der Waals surface area contributed by atoms with Gasteiger partial charge in [-0.05, 0) is 45.2 Å². The van der Waals surface area contributed by atoms with Crippen LogP contribution in [0.3, 0.4) is 0 Å². The molecular formula is C19H26N8O2S. The van der Waals surface area contributed by atoms with Gasteiger partial charge in [-0.2, -0.15) is 8.82 Å². The number of rotatable bonds is 5. The molecule has 0 amide bonds. The van der Waals surface area contributed by atoms with Crippen LogP contribution in [0.5, 0.6) is 0 Å². The van der Waals surface area contributed by atoms with Gasteiger partial charge < -0.3 is 9.47 Å². The van der Waals surface area contributed by atoms with Gasteiger partial charge in [-0.1, -0.05) is 0 Å². The molecule has 0 aliphatic carbocycles. The lowest BCUT2D eigenvalue weighted by molar-refractivity contribution is 0.310. The van der Waals surface area contributed by atoms with Crippen LogP contribution in [0.2, 0.25) is 0 Å². The minimum Gasteiger partial charge on any atom is -0.355 e. The Morgan fingerprint density at radius 3 is 2.47 bits per heavy atom. The van der Waals surface area contributed by atoms with Crippen LogP contribution in [-0.4, -0.2) is 68.3 Å². The highest BCUT2D eigenvalue weighted by molar-refractivity contribution is 7.89. The summed E-state index contributed by atoms with van der Waals surface area (Å²) in [5, 5.41) is 13.5. The Labute approximate surface area is 175 Å². The summed E-state index contributed by atoms with van der Waals surface area (Å²) < 4.78 is 31.1. The third-order valence-corrected chi connectivity index (χ3v) is 7.83. The minimum absolute atomic E-state index is 0.114.